The first-order chi connectivity index (χ1) is 13.2. The lowest BCUT2D eigenvalue weighted by Gasteiger charge is -2.21. The number of imide groups is 1. The number of hydrogen-bond donors (Lipinski definition) is 1. The molecule has 1 aromatic rings. The summed E-state index contributed by atoms with van der Waals surface area (Å²) in [6.45, 7) is 10.3. The monoisotopic (exact) mass is 412 g/mol. The molecule has 0 atom stereocenters. The number of methoxy groups -OCH3 is 2. The Morgan fingerprint density at radius 1 is 0.931 bits per heavy atom. The molecule has 10 nitrogen and oxygen atoms in total. The quantitative estimate of drug-likeness (QED) is 0.452. The summed E-state index contributed by atoms with van der Waals surface area (Å²) in [5.41, 5.74) is -1.11. The SMILES string of the molecule is CC(C)(C)OC(=O)NC(=O)OC(C)(C)C.COC(=O)c1nc(C=O)ccc1OC. The van der Waals surface area contributed by atoms with Gasteiger partial charge < -0.3 is 18.9 Å². The van der Waals surface area contributed by atoms with Crippen molar-refractivity contribution in [2.45, 2.75) is 52.7 Å². The van der Waals surface area contributed by atoms with Crippen LogP contribution in [0, 0.1) is 0 Å². The van der Waals surface area contributed by atoms with Gasteiger partial charge in [0.05, 0.1) is 14.2 Å². The fourth-order valence-corrected chi connectivity index (χ4v) is 1.63. The van der Waals surface area contributed by atoms with E-state index in [2.05, 4.69) is 9.72 Å². The van der Waals surface area contributed by atoms with Crippen molar-refractivity contribution >= 4 is 24.4 Å². The van der Waals surface area contributed by atoms with Crippen LogP contribution in [0.2, 0.25) is 0 Å². The summed E-state index contributed by atoms with van der Waals surface area (Å²) < 4.78 is 19.1. The Balaban J connectivity index is 0.000000541. The Kier molecular flexibility index (Phi) is 9.78. The molecule has 0 unspecified atom stereocenters. The molecule has 0 saturated heterocycles. The molecule has 2 amide bonds. The molecular formula is C19H28N2O8. The van der Waals surface area contributed by atoms with Gasteiger partial charge in [-0.2, -0.15) is 0 Å². The number of esters is 1. The molecule has 0 spiro atoms. The predicted molar refractivity (Wildman–Crippen MR) is 103 cm³/mol. The minimum absolute atomic E-state index is 0.000370. The normalized spacial score (nSPS) is 10.6. The highest BCUT2D eigenvalue weighted by molar-refractivity contribution is 5.91. The topological polar surface area (TPSA) is 130 Å². The molecule has 1 rings (SSSR count). The fourth-order valence-electron chi connectivity index (χ4n) is 1.63. The van der Waals surface area contributed by atoms with Gasteiger partial charge in [0, 0.05) is 0 Å². The van der Waals surface area contributed by atoms with Crippen molar-refractivity contribution in [2.75, 3.05) is 14.2 Å². The Labute approximate surface area is 169 Å². The standard InChI is InChI=1S/C10H19NO4.C9H9NO4/c1-9(2,3)14-7(12)11-8(13)15-10(4,5)6;1-13-7-4-3-6(5-11)10-8(7)9(12)14-2/h1-6H3,(H,11,12,13);3-5H,1-2H3. The van der Waals surface area contributed by atoms with E-state index >= 15 is 0 Å². The second-order valence-electron chi connectivity index (χ2n) is 7.53. The average Bonchev–Trinajstić information content (AvgIpc) is 2.57. The van der Waals surface area contributed by atoms with Gasteiger partial charge in [0.2, 0.25) is 0 Å². The molecule has 0 aliphatic rings. The van der Waals surface area contributed by atoms with Gasteiger partial charge >= 0.3 is 18.2 Å². The molecular weight excluding hydrogens is 384 g/mol. The third-order valence-electron chi connectivity index (χ3n) is 2.60. The van der Waals surface area contributed by atoms with Crippen LogP contribution >= 0.6 is 0 Å². The minimum Gasteiger partial charge on any atom is -0.494 e. The third kappa shape index (κ3) is 11.3. The fraction of sp³-hybridized carbons (Fsp3) is 0.526. The second kappa shape index (κ2) is 11.0. The average molecular weight is 412 g/mol. The van der Waals surface area contributed by atoms with Crippen molar-refractivity contribution in [2.24, 2.45) is 0 Å². The van der Waals surface area contributed by atoms with Crippen molar-refractivity contribution in [3.8, 4) is 5.75 Å². The Bertz CT molecular complexity index is 707. The molecule has 162 valence electrons. The van der Waals surface area contributed by atoms with Crippen molar-refractivity contribution in [1.82, 2.24) is 10.3 Å². The molecule has 0 aliphatic carbocycles. The number of nitrogens with one attached hydrogen (secondary N) is 1. The molecule has 0 saturated carbocycles. The zero-order chi connectivity index (χ0) is 22.8. The van der Waals surface area contributed by atoms with E-state index in [1.807, 2.05) is 5.32 Å². The van der Waals surface area contributed by atoms with E-state index in [0.717, 1.165) is 0 Å². The number of alkyl carbamates (subject to hydrolysis) is 2. The molecule has 0 aliphatic heterocycles. The molecule has 1 aromatic heterocycles. The van der Waals surface area contributed by atoms with E-state index in [4.69, 9.17) is 14.2 Å². The molecule has 1 heterocycles. The summed E-state index contributed by atoms with van der Waals surface area (Å²) in [7, 11) is 2.64. The van der Waals surface area contributed by atoms with Crippen LogP contribution in [0.1, 0.15) is 62.5 Å². The highest BCUT2D eigenvalue weighted by Gasteiger charge is 2.22. The van der Waals surface area contributed by atoms with Crippen molar-refractivity contribution in [1.29, 1.82) is 0 Å². The van der Waals surface area contributed by atoms with Gasteiger partial charge in [-0.25, -0.2) is 24.7 Å². The maximum absolute atomic E-state index is 11.2. The van der Waals surface area contributed by atoms with Crippen LogP contribution in [0.15, 0.2) is 12.1 Å². The molecule has 0 fully saturated rings. The van der Waals surface area contributed by atoms with E-state index in [1.165, 1.54) is 26.4 Å². The first-order valence-electron chi connectivity index (χ1n) is 8.54. The predicted octanol–water partition coefficient (Wildman–Crippen LogP) is 3.14. The zero-order valence-electron chi connectivity index (χ0n) is 17.9. The second-order valence-corrected chi connectivity index (χ2v) is 7.53. The maximum Gasteiger partial charge on any atom is 0.417 e. The summed E-state index contributed by atoms with van der Waals surface area (Å²) in [6.07, 6.45) is -1.07. The number of aldehydes is 1. The van der Waals surface area contributed by atoms with Gasteiger partial charge in [0.15, 0.2) is 17.7 Å². The number of nitrogens with zero attached hydrogens (tertiary/aromatic N) is 1. The Hall–Kier alpha value is -3.17. The lowest BCUT2D eigenvalue weighted by Crippen LogP contribution is -2.39. The number of hydrogen-bond acceptors (Lipinski definition) is 9. The van der Waals surface area contributed by atoms with Crippen molar-refractivity contribution < 1.29 is 38.1 Å². The molecule has 10 heteroatoms. The van der Waals surface area contributed by atoms with Crippen molar-refractivity contribution in [3.05, 3.63) is 23.5 Å². The first kappa shape index (κ1) is 25.8. The molecule has 1 N–H and O–H groups in total. The molecule has 29 heavy (non-hydrogen) atoms. The van der Waals surface area contributed by atoms with Crippen molar-refractivity contribution in [3.63, 3.8) is 0 Å². The van der Waals surface area contributed by atoms with Crippen LogP contribution in [0.25, 0.3) is 0 Å². The maximum atomic E-state index is 11.2. The lowest BCUT2D eigenvalue weighted by atomic mass is 10.2. The first-order valence-corrected chi connectivity index (χ1v) is 8.54. The van der Waals surface area contributed by atoms with E-state index in [9.17, 15) is 19.2 Å². The summed E-state index contributed by atoms with van der Waals surface area (Å²) >= 11 is 0. The van der Waals surface area contributed by atoms with Crippen LogP contribution in [-0.4, -0.2) is 54.8 Å². The Morgan fingerprint density at radius 2 is 1.41 bits per heavy atom. The van der Waals surface area contributed by atoms with Crippen LogP contribution in [0.3, 0.4) is 0 Å². The van der Waals surface area contributed by atoms with Crippen LogP contribution in [0.4, 0.5) is 9.59 Å². The van der Waals surface area contributed by atoms with Gasteiger partial charge in [0.25, 0.3) is 0 Å². The highest BCUT2D eigenvalue weighted by Crippen LogP contribution is 2.16. The number of ether oxygens (including phenoxy) is 4. The van der Waals surface area contributed by atoms with Crippen LogP contribution < -0.4 is 10.1 Å². The number of carbonyl (C=O) groups is 4. The zero-order valence-corrected chi connectivity index (χ0v) is 17.9. The van der Waals surface area contributed by atoms with Gasteiger partial charge in [-0.3, -0.25) is 4.79 Å². The number of pyridine rings is 1. The molecule has 0 bridgehead atoms. The number of rotatable bonds is 3. The summed E-state index contributed by atoms with van der Waals surface area (Å²) in [6, 6.07) is 2.95. The van der Waals surface area contributed by atoms with Gasteiger partial charge in [-0.15, -0.1) is 0 Å². The Morgan fingerprint density at radius 3 is 1.76 bits per heavy atom. The van der Waals surface area contributed by atoms with E-state index in [0.29, 0.717) is 6.29 Å². The highest BCUT2D eigenvalue weighted by atomic mass is 16.6. The van der Waals surface area contributed by atoms with Crippen LogP contribution in [-0.2, 0) is 14.2 Å². The van der Waals surface area contributed by atoms with E-state index in [1.54, 1.807) is 41.5 Å². The summed E-state index contributed by atoms with van der Waals surface area (Å²) in [5.74, 6) is -0.354. The van der Waals surface area contributed by atoms with Gasteiger partial charge in [-0.05, 0) is 53.7 Å². The third-order valence-corrected chi connectivity index (χ3v) is 2.60. The smallest absolute Gasteiger partial charge is 0.417 e. The summed E-state index contributed by atoms with van der Waals surface area (Å²) in [4.78, 5) is 47.6. The largest absolute Gasteiger partial charge is 0.494 e. The molecule has 0 aromatic carbocycles. The van der Waals surface area contributed by atoms with Gasteiger partial charge in [0.1, 0.15) is 16.9 Å². The number of aromatic nitrogens is 1. The van der Waals surface area contributed by atoms with E-state index in [-0.39, 0.29) is 17.1 Å². The van der Waals surface area contributed by atoms with Gasteiger partial charge in [-0.1, -0.05) is 0 Å². The van der Waals surface area contributed by atoms with E-state index < -0.39 is 29.4 Å². The molecule has 0 radical (unpaired) electrons. The summed E-state index contributed by atoms with van der Waals surface area (Å²) in [5, 5.41) is 1.97. The number of amides is 2. The van der Waals surface area contributed by atoms with Crippen LogP contribution in [0.5, 0.6) is 5.75 Å². The minimum atomic E-state index is -0.809. The lowest BCUT2D eigenvalue weighted by molar-refractivity contribution is 0.0352. The number of carbonyl (C=O) groups excluding carboxylic acids is 4.